The number of fused-ring (bicyclic) bond motifs is 2. The van der Waals surface area contributed by atoms with E-state index in [9.17, 15) is 52.4 Å². The zero-order valence-electron chi connectivity index (χ0n) is 61.5. The molecule has 107 heavy (non-hydrogen) atoms. The molecule has 0 aliphatic carbocycles. The summed E-state index contributed by atoms with van der Waals surface area (Å²) >= 11 is 0. The van der Waals surface area contributed by atoms with Crippen LogP contribution in [0.25, 0.3) is 0 Å². The van der Waals surface area contributed by atoms with Crippen LogP contribution in [0.15, 0.2) is 202 Å². The number of methoxy groups -OCH3 is 8. The van der Waals surface area contributed by atoms with Crippen molar-refractivity contribution < 1.29 is 118 Å². The summed E-state index contributed by atoms with van der Waals surface area (Å²) in [6.45, 7) is 3.57. The number of quaternary nitrogens is 2. The second-order valence-electron chi connectivity index (χ2n) is 25.1. The van der Waals surface area contributed by atoms with E-state index in [2.05, 4.69) is 50.5 Å². The van der Waals surface area contributed by atoms with Gasteiger partial charge in [0.15, 0.2) is 46.0 Å². The van der Waals surface area contributed by atoms with Crippen molar-refractivity contribution in [2.75, 3.05) is 110 Å². The molecule has 10 rings (SSSR count). The minimum atomic E-state index is -4.25. The summed E-state index contributed by atoms with van der Waals surface area (Å²) in [6.07, 6.45) is 5.85. The van der Waals surface area contributed by atoms with Crippen molar-refractivity contribution in [2.45, 2.75) is 89.5 Å². The Bertz CT molecular complexity index is 4230. The maximum atomic E-state index is 13.2. The number of likely N-dealkylation sites (N-methyl/N-ethyl adjacent to an activating group) is 2. The van der Waals surface area contributed by atoms with E-state index in [0.717, 1.165) is 56.3 Å². The van der Waals surface area contributed by atoms with Crippen LogP contribution in [0.4, 0.5) is 0 Å². The quantitative estimate of drug-likeness (QED) is 0.0199. The number of ether oxygens (including phenoxy) is 10. The predicted molar refractivity (Wildman–Crippen MR) is 397 cm³/mol. The number of esters is 2. The molecule has 8 aromatic carbocycles. The minimum absolute atomic E-state index is 0.0393. The maximum Gasteiger partial charge on any atom is 0.311 e. The molecule has 26 nitrogen and oxygen atoms in total. The van der Waals surface area contributed by atoms with E-state index in [0.29, 0.717) is 107 Å². The minimum Gasteiger partial charge on any atom is -0.744 e. The molecule has 0 saturated carbocycles. The van der Waals surface area contributed by atoms with E-state index in [4.69, 9.17) is 56.5 Å². The van der Waals surface area contributed by atoms with Crippen LogP contribution in [0.5, 0.6) is 46.0 Å². The van der Waals surface area contributed by atoms with Crippen molar-refractivity contribution in [3.8, 4) is 46.0 Å². The van der Waals surface area contributed by atoms with E-state index in [1.165, 1.54) is 95.1 Å². The van der Waals surface area contributed by atoms with Crippen LogP contribution in [-0.2, 0) is 85.2 Å². The van der Waals surface area contributed by atoms with Gasteiger partial charge in [-0.1, -0.05) is 84.9 Å². The molecule has 0 saturated heterocycles. The van der Waals surface area contributed by atoms with Gasteiger partial charge in [0, 0.05) is 36.8 Å². The van der Waals surface area contributed by atoms with Gasteiger partial charge in [0.05, 0.1) is 143 Å². The third-order valence-corrected chi connectivity index (χ3v) is 21.6. The number of nitrogens with zero attached hydrogens (tertiary/aromatic N) is 2. The van der Waals surface area contributed by atoms with E-state index in [1.54, 1.807) is 105 Å². The Morgan fingerprint density at radius 1 is 0.383 bits per heavy atom. The lowest BCUT2D eigenvalue weighted by Crippen LogP contribution is -2.53. The zero-order valence-corrected chi connectivity index (χ0v) is 64.8. The molecule has 580 valence electrons. The van der Waals surface area contributed by atoms with Crippen molar-refractivity contribution in [3.63, 3.8) is 0 Å². The zero-order chi connectivity index (χ0) is 78.6. The molecular weight excluding hydrogens is 1470 g/mol. The molecule has 0 radical (unpaired) electrons. The van der Waals surface area contributed by atoms with Crippen molar-refractivity contribution >= 4 is 52.4 Å². The average molecular weight is 1560 g/mol. The number of hydrogen-bond donors (Lipinski definition) is 2. The van der Waals surface area contributed by atoms with E-state index in [1.807, 2.05) is 24.3 Å². The van der Waals surface area contributed by atoms with Crippen molar-refractivity contribution in [1.82, 2.24) is 0 Å². The number of carbonyl (C=O) groups excluding carboxylic acids is 2. The molecule has 4 unspecified atom stereocenters. The first kappa shape index (κ1) is 86.6. The maximum absolute atomic E-state index is 13.2. The fourth-order valence-corrected chi connectivity index (χ4v) is 14.3. The largest absolute Gasteiger partial charge is 0.744 e. The van der Waals surface area contributed by atoms with Gasteiger partial charge in [-0.25, -0.2) is 16.8 Å². The van der Waals surface area contributed by atoms with Crippen LogP contribution in [0.3, 0.4) is 0 Å². The van der Waals surface area contributed by atoms with E-state index in [-0.39, 0.29) is 43.6 Å². The van der Waals surface area contributed by atoms with Gasteiger partial charge < -0.3 is 65.4 Å². The van der Waals surface area contributed by atoms with Crippen LogP contribution in [0, 0.1) is 0 Å². The Kier molecular flexibility index (Phi) is 32.8. The smallest absolute Gasteiger partial charge is 0.311 e. The van der Waals surface area contributed by atoms with Crippen LogP contribution in [0.2, 0.25) is 0 Å². The first-order chi connectivity index (χ1) is 50.8. The molecule has 0 aromatic heterocycles. The third-order valence-electron chi connectivity index (χ3n) is 18.2. The summed E-state index contributed by atoms with van der Waals surface area (Å²) in [5.41, 5.74) is 7.00. The van der Waals surface area contributed by atoms with Crippen LogP contribution >= 0.6 is 0 Å². The molecule has 0 amide bonds. The number of carbonyl (C=O) groups is 2. The lowest BCUT2D eigenvalue weighted by atomic mass is 9.86. The van der Waals surface area contributed by atoms with Gasteiger partial charge in [-0.2, -0.15) is 16.8 Å². The second-order valence-corrected chi connectivity index (χ2v) is 30.7. The SMILES string of the molecule is COc1ccc(CC2c3cc(OC)c(OC)cc3CC[N+]2(C)CCC(=O)OCCCCCOC(=O)CC[N+]2(C)CCc3cc(OC)c(OC)cc3C2Cc2ccc(OC)c(OC)c2)cc1OC.O=S(=O)(O)c1ccccc1.O=S(=O)(O)c1ccccc1.O=S(=O)([O-])c1ccccc1.O=S(=O)([O-])c1ccccc1. The van der Waals surface area contributed by atoms with Crippen LogP contribution < -0.4 is 37.9 Å². The highest BCUT2D eigenvalue weighted by Gasteiger charge is 2.42. The highest BCUT2D eigenvalue weighted by Crippen LogP contribution is 2.45. The summed E-state index contributed by atoms with van der Waals surface area (Å²) in [4.78, 5) is 25.9. The Balaban J connectivity index is 0.000000354. The average Bonchev–Trinajstić information content (AvgIpc) is 0.762. The Hall–Kier alpha value is -9.34. The molecule has 2 aliphatic rings. The Morgan fingerprint density at radius 2 is 0.664 bits per heavy atom. The van der Waals surface area contributed by atoms with Gasteiger partial charge in [0.2, 0.25) is 0 Å². The monoisotopic (exact) mass is 1560 g/mol. The van der Waals surface area contributed by atoms with Crippen molar-refractivity contribution in [2.24, 2.45) is 0 Å². The summed E-state index contributed by atoms with van der Waals surface area (Å²) < 4.78 is 178. The van der Waals surface area contributed by atoms with E-state index >= 15 is 0 Å². The van der Waals surface area contributed by atoms with Gasteiger partial charge in [0.25, 0.3) is 20.2 Å². The Labute approximate surface area is 627 Å². The lowest BCUT2D eigenvalue weighted by molar-refractivity contribution is -0.940. The summed E-state index contributed by atoms with van der Waals surface area (Å²) in [7, 11) is 1.10. The second kappa shape index (κ2) is 40.6. The number of rotatable bonds is 28. The van der Waals surface area contributed by atoms with Crippen molar-refractivity contribution in [3.05, 3.63) is 215 Å². The van der Waals surface area contributed by atoms with Gasteiger partial charge >= 0.3 is 11.9 Å². The highest BCUT2D eigenvalue weighted by atomic mass is 32.2. The molecule has 4 atom stereocenters. The van der Waals surface area contributed by atoms with Gasteiger partial charge in [-0.15, -0.1) is 0 Å². The molecule has 0 spiro atoms. The molecule has 0 fully saturated rings. The van der Waals surface area contributed by atoms with Crippen molar-refractivity contribution in [1.29, 1.82) is 0 Å². The highest BCUT2D eigenvalue weighted by molar-refractivity contribution is 7.86. The first-order valence-corrected chi connectivity index (χ1v) is 39.5. The number of benzene rings is 8. The molecule has 2 N–H and O–H groups in total. The fourth-order valence-electron chi connectivity index (χ4n) is 12.3. The van der Waals surface area contributed by atoms with E-state index < -0.39 is 40.5 Å². The molecular formula is C77H94N2O24S4. The lowest BCUT2D eigenvalue weighted by Gasteiger charge is -2.46. The molecule has 8 aromatic rings. The number of unbranched alkanes of at least 4 members (excludes halogenated alkanes) is 2. The topological polar surface area (TPSA) is 350 Å². The number of hydrogen-bond acceptors (Lipinski definition) is 22. The van der Waals surface area contributed by atoms with Crippen LogP contribution in [0.1, 0.15) is 77.6 Å². The van der Waals surface area contributed by atoms with Gasteiger partial charge in [0.1, 0.15) is 32.3 Å². The first-order valence-electron chi connectivity index (χ1n) is 33.8. The molecule has 2 aliphatic heterocycles. The Morgan fingerprint density at radius 3 is 0.925 bits per heavy atom. The molecule has 0 bridgehead atoms. The van der Waals surface area contributed by atoms with Crippen LogP contribution in [-0.4, -0.2) is 183 Å². The third kappa shape index (κ3) is 26.0. The predicted octanol–water partition coefficient (Wildman–Crippen LogP) is 11.1. The fraction of sp³-hybridized carbons (Fsp3) is 0.351. The standard InChI is InChI=1S/C53H72N2O12.4C6H6O3S/c1-54(22-18-38-32-48(62-7)50(64-9)34-40(38)42(54)28-36-14-16-44(58-3)46(30-36)60-5)24-20-52(56)66-26-12-11-13-27-67-53(57)21-25-55(2)23-19-39-33-49(63-8)51(65-10)35-41(39)43(55)29-37-15-17-45(59-4)47(31-37)61-6;4*7-10(8,9)6-4-2-1-3-5-6/h14-17,30-35,42-43H,11-13,18-29H2,1-10H3;4*1-5H,(H,7,8,9)/q+2;;;;/p-2. The van der Waals surface area contributed by atoms with Gasteiger partial charge in [-0.3, -0.25) is 18.7 Å². The summed E-state index contributed by atoms with van der Waals surface area (Å²) in [6, 6.07) is 49.7. The molecule has 30 heteroatoms. The molecule has 2 heterocycles. The summed E-state index contributed by atoms with van der Waals surface area (Å²) in [5, 5.41) is 0. The van der Waals surface area contributed by atoms with Gasteiger partial charge in [-0.05, 0) is 139 Å². The normalized spacial score (nSPS) is 16.5. The summed E-state index contributed by atoms with van der Waals surface area (Å²) in [5.74, 6) is 5.06.